The normalized spacial score (nSPS) is 32.2. The zero-order valence-corrected chi connectivity index (χ0v) is 30.5. The highest BCUT2D eigenvalue weighted by Crippen LogP contribution is 2.62. The van der Waals surface area contributed by atoms with E-state index in [9.17, 15) is 0 Å². The van der Waals surface area contributed by atoms with Gasteiger partial charge < -0.3 is 0 Å². The number of hydrogen-bond donors (Lipinski definition) is 1. The van der Waals surface area contributed by atoms with Gasteiger partial charge >= 0.3 is 0 Å². The Kier molecular flexibility index (Phi) is 7.77. The van der Waals surface area contributed by atoms with Crippen LogP contribution in [0.3, 0.4) is 0 Å². The Morgan fingerprint density at radius 3 is 2.11 bits per heavy atom. The predicted octanol–water partition coefficient (Wildman–Crippen LogP) is 9.08. The van der Waals surface area contributed by atoms with Crippen molar-refractivity contribution in [3.63, 3.8) is 0 Å². The Hall–Kier alpha value is -4.76. The lowest BCUT2D eigenvalue weighted by atomic mass is 9.69. The molecule has 262 valence electrons. The Morgan fingerprint density at radius 1 is 0.623 bits per heavy atom. The van der Waals surface area contributed by atoms with Gasteiger partial charge in [-0.2, -0.15) is 0 Å². The molecular weight excluding hydrogens is 641 g/mol. The van der Waals surface area contributed by atoms with E-state index < -0.39 is 0 Å². The lowest BCUT2D eigenvalue weighted by molar-refractivity contribution is 0.260. The number of hydrogen-bond acceptors (Lipinski definition) is 2. The van der Waals surface area contributed by atoms with E-state index in [1.165, 1.54) is 56.7 Å². The Morgan fingerprint density at radius 2 is 1.40 bits per heavy atom. The summed E-state index contributed by atoms with van der Waals surface area (Å²) in [7, 11) is 0. The Labute approximate surface area is 314 Å². The van der Waals surface area contributed by atoms with Crippen LogP contribution < -0.4 is 15.8 Å². The molecule has 2 heteroatoms. The third kappa shape index (κ3) is 5.21. The number of nitrogens with one attached hydrogen (secondary N) is 1. The van der Waals surface area contributed by atoms with Crippen LogP contribution in [0.1, 0.15) is 55.6 Å². The van der Waals surface area contributed by atoms with Gasteiger partial charge in [-0.25, -0.2) is 0 Å². The summed E-state index contributed by atoms with van der Waals surface area (Å²) in [4.78, 5) is 2.65. The largest absolute Gasteiger partial charge is 0.290 e. The fourth-order valence-corrected chi connectivity index (χ4v) is 11.3. The summed E-state index contributed by atoms with van der Waals surface area (Å²) in [5.74, 6) is 1.86. The van der Waals surface area contributed by atoms with Crippen molar-refractivity contribution < 1.29 is 0 Å². The van der Waals surface area contributed by atoms with Gasteiger partial charge in [0.15, 0.2) is 0 Å². The van der Waals surface area contributed by atoms with Crippen LogP contribution >= 0.6 is 0 Å². The average molecular weight is 689 g/mol. The van der Waals surface area contributed by atoms with Gasteiger partial charge in [-0.05, 0) is 93.5 Å². The number of allylic oxidation sites excluding steroid dienone is 18. The van der Waals surface area contributed by atoms with E-state index in [1.54, 1.807) is 22.3 Å². The van der Waals surface area contributed by atoms with E-state index in [0.29, 0.717) is 41.8 Å². The first-order valence-corrected chi connectivity index (χ1v) is 20.3. The van der Waals surface area contributed by atoms with E-state index in [1.807, 2.05) is 0 Å². The third-order valence-electron chi connectivity index (χ3n) is 13.6. The molecule has 0 bridgehead atoms. The van der Waals surface area contributed by atoms with E-state index in [-0.39, 0.29) is 0 Å². The summed E-state index contributed by atoms with van der Waals surface area (Å²) < 4.78 is 0. The number of benzene rings is 2. The Balaban J connectivity index is 0.971. The topological polar surface area (TPSA) is 15.3 Å². The van der Waals surface area contributed by atoms with Crippen molar-refractivity contribution in [3.8, 4) is 0 Å². The summed E-state index contributed by atoms with van der Waals surface area (Å²) in [5, 5.41) is 6.81. The maximum absolute atomic E-state index is 3.89. The van der Waals surface area contributed by atoms with Crippen LogP contribution in [0.15, 0.2) is 174 Å². The van der Waals surface area contributed by atoms with Crippen molar-refractivity contribution in [1.29, 1.82) is 0 Å². The standard InChI is InChI=1S/C51H48N2/c1-4-14-33(15-5-1)45-32-53-31-38(26-29-46(53)52-45)36-20-12-21-37(30-36)39-27-28-44-49-40(39)24-13-25-43(49)50-47(34-16-6-2-7-17-34)41-22-10-11-23-42(41)48(51(44)50)35-18-8-3-9-19-35/h2-4,6,8,10-16,18,20-30,38,40,45-46,49-52H,1,5,7,9,17,19,31-32H2. The summed E-state index contributed by atoms with van der Waals surface area (Å²) in [6, 6.07) is 19.4. The second kappa shape index (κ2) is 13.0. The van der Waals surface area contributed by atoms with E-state index in [0.717, 1.165) is 38.8 Å². The zero-order valence-electron chi connectivity index (χ0n) is 30.5. The molecule has 0 radical (unpaired) electrons. The van der Waals surface area contributed by atoms with Crippen molar-refractivity contribution >= 4 is 16.7 Å². The van der Waals surface area contributed by atoms with Crippen molar-refractivity contribution in [3.05, 3.63) is 195 Å². The second-order valence-electron chi connectivity index (χ2n) is 16.4. The van der Waals surface area contributed by atoms with Crippen molar-refractivity contribution in [2.24, 2.45) is 23.7 Å². The van der Waals surface area contributed by atoms with Crippen LogP contribution in [-0.4, -0.2) is 30.2 Å². The maximum atomic E-state index is 3.89. The fraction of sp³-hybridized carbons (Fsp3) is 0.294. The molecule has 1 saturated heterocycles. The van der Waals surface area contributed by atoms with Crippen LogP contribution in [0, 0.1) is 23.7 Å². The van der Waals surface area contributed by atoms with Gasteiger partial charge in [-0.15, -0.1) is 0 Å². The van der Waals surface area contributed by atoms with E-state index >= 15 is 0 Å². The zero-order chi connectivity index (χ0) is 34.9. The highest BCUT2D eigenvalue weighted by atomic mass is 15.3. The molecule has 7 aliphatic carbocycles. The van der Waals surface area contributed by atoms with Crippen LogP contribution in [0.5, 0.6) is 0 Å². The first-order valence-electron chi connectivity index (χ1n) is 20.3. The fourth-order valence-electron chi connectivity index (χ4n) is 11.3. The molecule has 1 N–H and O–H groups in total. The summed E-state index contributed by atoms with van der Waals surface area (Å²) >= 11 is 0. The Bertz CT molecular complexity index is 2380. The quantitative estimate of drug-likeness (QED) is 0.316. The average Bonchev–Trinajstić information content (AvgIpc) is 3.81. The predicted molar refractivity (Wildman–Crippen MR) is 220 cm³/mol. The van der Waals surface area contributed by atoms with Gasteiger partial charge in [-0.1, -0.05) is 157 Å². The summed E-state index contributed by atoms with van der Waals surface area (Å²) in [5.41, 5.74) is 15.2. The lowest BCUT2D eigenvalue weighted by Crippen LogP contribution is -2.40. The summed E-state index contributed by atoms with van der Waals surface area (Å²) in [6.07, 6.45) is 45.8. The lowest BCUT2D eigenvalue weighted by Gasteiger charge is -2.34. The molecule has 7 atom stereocenters. The molecule has 11 rings (SSSR count). The number of fused-ring (bicyclic) bond motifs is 5. The van der Waals surface area contributed by atoms with Gasteiger partial charge in [0.05, 0.1) is 6.17 Å². The molecule has 7 unspecified atom stereocenters. The van der Waals surface area contributed by atoms with Crippen molar-refractivity contribution in [2.75, 3.05) is 13.1 Å². The van der Waals surface area contributed by atoms with Crippen LogP contribution in [0.2, 0.25) is 0 Å². The highest BCUT2D eigenvalue weighted by molar-refractivity contribution is 5.86. The van der Waals surface area contributed by atoms with Gasteiger partial charge in [0.25, 0.3) is 0 Å². The van der Waals surface area contributed by atoms with Gasteiger partial charge in [0.1, 0.15) is 0 Å². The van der Waals surface area contributed by atoms with Crippen molar-refractivity contribution in [1.82, 2.24) is 10.2 Å². The third-order valence-corrected chi connectivity index (χ3v) is 13.6. The first-order chi connectivity index (χ1) is 26.3. The molecule has 53 heavy (non-hydrogen) atoms. The minimum atomic E-state index is 0.332. The number of rotatable bonds is 5. The molecule has 2 heterocycles. The molecular formula is C51H48N2. The molecule has 2 aromatic rings. The molecule has 1 saturated carbocycles. The number of nitrogens with zero attached hydrogens (tertiary/aromatic N) is 1. The van der Waals surface area contributed by atoms with Crippen molar-refractivity contribution in [2.45, 2.75) is 56.7 Å². The van der Waals surface area contributed by atoms with Crippen LogP contribution in [0.4, 0.5) is 0 Å². The minimum absolute atomic E-state index is 0.332. The maximum Gasteiger partial charge on any atom is 0.0795 e. The van der Waals surface area contributed by atoms with Crippen LogP contribution in [-0.2, 0) is 0 Å². The molecule has 9 aliphatic rings. The van der Waals surface area contributed by atoms with Gasteiger partial charge in [-0.3, -0.25) is 10.2 Å². The SMILES string of the molecule is C1=CCCC(C2=c3ccccc3=C(C3=CC=CCC3)C3C4=CC=C(c5cccc(C6C=CC7NC(C8=CCCC=C8)CN7C6)c5)C5C=CC=C(C45)C23)=C1. The van der Waals surface area contributed by atoms with Gasteiger partial charge in [0, 0.05) is 48.7 Å². The first kappa shape index (κ1) is 31.7. The monoisotopic (exact) mass is 688 g/mol. The molecule has 0 aromatic heterocycles. The molecule has 0 amide bonds. The molecule has 2 nitrogen and oxygen atoms in total. The molecule has 2 aliphatic heterocycles. The second-order valence-corrected chi connectivity index (χ2v) is 16.4. The van der Waals surface area contributed by atoms with E-state index in [2.05, 4.69) is 156 Å². The van der Waals surface area contributed by atoms with Gasteiger partial charge in [0.2, 0.25) is 0 Å². The molecule has 2 aromatic carbocycles. The van der Waals surface area contributed by atoms with E-state index in [4.69, 9.17) is 0 Å². The molecule has 2 fully saturated rings. The highest BCUT2D eigenvalue weighted by Gasteiger charge is 2.52. The molecule has 0 spiro atoms. The summed E-state index contributed by atoms with van der Waals surface area (Å²) in [6.45, 7) is 2.14. The smallest absolute Gasteiger partial charge is 0.0795 e. The minimum Gasteiger partial charge on any atom is -0.290 e. The van der Waals surface area contributed by atoms with Crippen LogP contribution in [0.25, 0.3) is 16.7 Å².